The largest absolute Gasteiger partial charge is 0.396 e. The number of halogens is 1. The zero-order valence-corrected chi connectivity index (χ0v) is 7.39. The SMILES string of the molecule is OC[C@H]1C[C@@]12C[C@@]21C[C@H]1Br. The number of hydrogen-bond acceptors (Lipinski definition) is 1. The van der Waals surface area contributed by atoms with E-state index >= 15 is 0 Å². The fourth-order valence-electron chi connectivity index (χ4n) is 2.92. The summed E-state index contributed by atoms with van der Waals surface area (Å²) in [6.07, 6.45) is 4.09. The van der Waals surface area contributed by atoms with Crippen LogP contribution in [0.4, 0.5) is 0 Å². The molecule has 1 N–H and O–H groups in total. The summed E-state index contributed by atoms with van der Waals surface area (Å²) < 4.78 is 0. The van der Waals surface area contributed by atoms with E-state index in [9.17, 15) is 0 Å². The molecule has 3 rings (SSSR count). The molecule has 0 amide bonds. The van der Waals surface area contributed by atoms with Gasteiger partial charge in [-0.05, 0) is 36.0 Å². The lowest BCUT2D eigenvalue weighted by molar-refractivity contribution is 0.264. The van der Waals surface area contributed by atoms with E-state index in [1.54, 1.807) is 0 Å². The predicted octanol–water partition coefficient (Wildman–Crippen LogP) is 1.54. The highest BCUT2D eigenvalue weighted by molar-refractivity contribution is 9.09. The number of rotatable bonds is 1. The molecule has 3 saturated carbocycles. The van der Waals surface area contributed by atoms with Crippen LogP contribution in [-0.4, -0.2) is 16.5 Å². The van der Waals surface area contributed by atoms with Crippen LogP contribution >= 0.6 is 15.9 Å². The Hall–Kier alpha value is 0.440. The molecule has 3 aliphatic carbocycles. The molecule has 56 valence electrons. The van der Waals surface area contributed by atoms with Gasteiger partial charge in [0.15, 0.2) is 0 Å². The first kappa shape index (κ1) is 6.01. The van der Waals surface area contributed by atoms with Gasteiger partial charge < -0.3 is 5.11 Å². The number of aliphatic hydroxyl groups is 1. The van der Waals surface area contributed by atoms with Crippen molar-refractivity contribution in [1.82, 2.24) is 0 Å². The summed E-state index contributed by atoms with van der Waals surface area (Å²) >= 11 is 3.66. The smallest absolute Gasteiger partial charge is 0.0465 e. The molecule has 3 aliphatic rings. The number of hydrogen-bond donors (Lipinski definition) is 1. The molecule has 0 radical (unpaired) electrons. The molecule has 10 heavy (non-hydrogen) atoms. The Morgan fingerprint density at radius 1 is 1.40 bits per heavy atom. The second-order valence-corrected chi connectivity index (χ2v) is 5.35. The highest BCUT2D eigenvalue weighted by Gasteiger charge is 2.87. The van der Waals surface area contributed by atoms with Crippen LogP contribution in [0.25, 0.3) is 0 Å². The van der Waals surface area contributed by atoms with Crippen LogP contribution in [0.3, 0.4) is 0 Å². The Morgan fingerprint density at radius 2 is 2.10 bits per heavy atom. The molecule has 0 aromatic heterocycles. The molecule has 0 bridgehead atoms. The normalized spacial score (nSPS) is 69.0. The summed E-state index contributed by atoms with van der Waals surface area (Å²) in [5.41, 5.74) is 1.34. The van der Waals surface area contributed by atoms with Gasteiger partial charge in [-0.2, -0.15) is 0 Å². The Kier molecular flexibility index (Phi) is 0.803. The van der Waals surface area contributed by atoms with Crippen LogP contribution < -0.4 is 0 Å². The van der Waals surface area contributed by atoms with Crippen LogP contribution in [0.15, 0.2) is 0 Å². The van der Waals surface area contributed by atoms with Crippen molar-refractivity contribution in [3.63, 3.8) is 0 Å². The molecule has 0 heterocycles. The Bertz CT molecular complexity index is 205. The molecular formula is C8H11BrO. The minimum absolute atomic E-state index is 0.432. The maximum Gasteiger partial charge on any atom is 0.0465 e. The van der Waals surface area contributed by atoms with Crippen LogP contribution in [-0.2, 0) is 0 Å². The molecule has 3 fully saturated rings. The summed E-state index contributed by atoms with van der Waals surface area (Å²) in [5, 5.41) is 8.91. The molecule has 0 aliphatic heterocycles. The van der Waals surface area contributed by atoms with Gasteiger partial charge in [0, 0.05) is 11.4 Å². The van der Waals surface area contributed by atoms with Gasteiger partial charge in [-0.3, -0.25) is 0 Å². The molecule has 0 aromatic carbocycles. The van der Waals surface area contributed by atoms with E-state index in [0.29, 0.717) is 23.4 Å². The average Bonchev–Trinajstić information content (AvgIpc) is 2.77. The maximum absolute atomic E-state index is 8.91. The molecule has 2 heteroatoms. The van der Waals surface area contributed by atoms with Gasteiger partial charge in [-0.1, -0.05) is 15.9 Å². The number of fused-ring (bicyclic) bond motifs is 1. The van der Waals surface area contributed by atoms with E-state index in [1.165, 1.54) is 19.3 Å². The summed E-state index contributed by atoms with van der Waals surface area (Å²) in [7, 11) is 0. The third-order valence-corrected chi connectivity index (χ3v) is 5.13. The molecule has 2 spiro atoms. The van der Waals surface area contributed by atoms with Crippen molar-refractivity contribution in [2.45, 2.75) is 24.1 Å². The molecule has 0 aromatic rings. The van der Waals surface area contributed by atoms with Gasteiger partial charge in [0.2, 0.25) is 0 Å². The summed E-state index contributed by atoms with van der Waals surface area (Å²) in [6.45, 7) is 0.432. The molecule has 0 saturated heterocycles. The molecule has 4 atom stereocenters. The van der Waals surface area contributed by atoms with Crippen LogP contribution in [0.1, 0.15) is 19.3 Å². The highest BCUT2D eigenvalue weighted by Crippen LogP contribution is 2.92. The minimum atomic E-state index is 0.432. The van der Waals surface area contributed by atoms with Crippen molar-refractivity contribution in [3.8, 4) is 0 Å². The van der Waals surface area contributed by atoms with Crippen molar-refractivity contribution in [3.05, 3.63) is 0 Å². The van der Waals surface area contributed by atoms with Gasteiger partial charge in [0.1, 0.15) is 0 Å². The third-order valence-electron chi connectivity index (χ3n) is 3.93. The quantitative estimate of drug-likeness (QED) is 0.641. The summed E-state index contributed by atoms with van der Waals surface area (Å²) in [5.74, 6) is 0.676. The molecule has 1 nitrogen and oxygen atoms in total. The van der Waals surface area contributed by atoms with E-state index in [0.717, 1.165) is 4.83 Å². The van der Waals surface area contributed by atoms with Gasteiger partial charge in [-0.25, -0.2) is 0 Å². The Morgan fingerprint density at radius 3 is 2.40 bits per heavy atom. The fraction of sp³-hybridized carbons (Fsp3) is 1.00. The average molecular weight is 203 g/mol. The Balaban J connectivity index is 1.80. The van der Waals surface area contributed by atoms with Crippen LogP contribution in [0, 0.1) is 16.7 Å². The summed E-state index contributed by atoms with van der Waals surface area (Å²) in [4.78, 5) is 0.802. The first-order valence-electron chi connectivity index (χ1n) is 4.00. The third kappa shape index (κ3) is 0.418. The topological polar surface area (TPSA) is 20.2 Å². The molecular weight excluding hydrogens is 192 g/mol. The Labute approximate surface area is 68.9 Å². The zero-order valence-electron chi connectivity index (χ0n) is 5.81. The predicted molar refractivity (Wildman–Crippen MR) is 42.0 cm³/mol. The monoisotopic (exact) mass is 202 g/mol. The van der Waals surface area contributed by atoms with Crippen molar-refractivity contribution >= 4 is 15.9 Å². The van der Waals surface area contributed by atoms with E-state index in [2.05, 4.69) is 15.9 Å². The lowest BCUT2D eigenvalue weighted by Crippen LogP contribution is -1.91. The van der Waals surface area contributed by atoms with E-state index < -0.39 is 0 Å². The number of alkyl halides is 1. The van der Waals surface area contributed by atoms with Crippen molar-refractivity contribution < 1.29 is 5.11 Å². The first-order chi connectivity index (χ1) is 4.75. The van der Waals surface area contributed by atoms with E-state index in [1.807, 2.05) is 0 Å². The fourth-order valence-corrected chi connectivity index (χ4v) is 4.12. The standard InChI is InChI=1S/C8H11BrO/c9-6-2-8(6)4-7(8)1-5(7)3-10/h5-6,10H,1-4H2/t5-,6-,7-,8-/m1/s1. The van der Waals surface area contributed by atoms with Crippen molar-refractivity contribution in [1.29, 1.82) is 0 Å². The second-order valence-electron chi connectivity index (χ2n) is 4.24. The lowest BCUT2D eigenvalue weighted by Gasteiger charge is -1.88. The minimum Gasteiger partial charge on any atom is -0.396 e. The lowest BCUT2D eigenvalue weighted by atomic mass is 10.2. The van der Waals surface area contributed by atoms with Gasteiger partial charge in [0.05, 0.1) is 0 Å². The first-order valence-corrected chi connectivity index (χ1v) is 4.92. The van der Waals surface area contributed by atoms with E-state index in [4.69, 9.17) is 5.11 Å². The summed E-state index contributed by atoms with van der Waals surface area (Å²) in [6, 6.07) is 0. The number of aliphatic hydroxyl groups excluding tert-OH is 1. The van der Waals surface area contributed by atoms with Gasteiger partial charge in [-0.15, -0.1) is 0 Å². The second kappa shape index (κ2) is 1.34. The van der Waals surface area contributed by atoms with Gasteiger partial charge >= 0.3 is 0 Å². The van der Waals surface area contributed by atoms with Crippen molar-refractivity contribution in [2.75, 3.05) is 6.61 Å². The van der Waals surface area contributed by atoms with Crippen molar-refractivity contribution in [2.24, 2.45) is 16.7 Å². The zero-order chi connectivity index (χ0) is 6.98. The van der Waals surface area contributed by atoms with Crippen LogP contribution in [0.5, 0.6) is 0 Å². The van der Waals surface area contributed by atoms with E-state index in [-0.39, 0.29) is 0 Å². The molecule has 0 unspecified atom stereocenters. The van der Waals surface area contributed by atoms with Crippen LogP contribution in [0.2, 0.25) is 0 Å². The maximum atomic E-state index is 8.91. The highest BCUT2D eigenvalue weighted by atomic mass is 79.9. The van der Waals surface area contributed by atoms with Gasteiger partial charge in [0.25, 0.3) is 0 Å².